The minimum atomic E-state index is -3.63. The highest BCUT2D eigenvalue weighted by molar-refractivity contribution is 7.86. The summed E-state index contributed by atoms with van der Waals surface area (Å²) in [5.41, 5.74) is 1.24. The second-order valence-electron chi connectivity index (χ2n) is 7.14. The number of aryl methyl sites for hydroxylation is 1. The van der Waals surface area contributed by atoms with E-state index in [4.69, 9.17) is 4.18 Å². The van der Waals surface area contributed by atoms with Crippen LogP contribution in [0.2, 0.25) is 0 Å². The van der Waals surface area contributed by atoms with Gasteiger partial charge in [-0.1, -0.05) is 24.1 Å². The Morgan fingerprint density at radius 2 is 1.86 bits per heavy atom. The van der Waals surface area contributed by atoms with Crippen LogP contribution in [-0.2, 0) is 14.3 Å². The minimum Gasteiger partial charge on any atom is -0.262 e. The zero-order valence-corrected chi connectivity index (χ0v) is 13.2. The Morgan fingerprint density at radius 1 is 1.14 bits per heavy atom. The van der Waals surface area contributed by atoms with Gasteiger partial charge in [0, 0.05) is 5.41 Å². The van der Waals surface area contributed by atoms with Crippen LogP contribution >= 0.6 is 0 Å². The van der Waals surface area contributed by atoms with Crippen LogP contribution in [-0.4, -0.2) is 14.5 Å². The van der Waals surface area contributed by atoms with E-state index in [2.05, 4.69) is 0 Å². The zero-order chi connectivity index (χ0) is 14.7. The molecule has 0 radical (unpaired) electrons. The van der Waals surface area contributed by atoms with Crippen LogP contribution in [0.1, 0.15) is 44.1 Å². The Morgan fingerprint density at radius 3 is 2.48 bits per heavy atom. The summed E-state index contributed by atoms with van der Waals surface area (Å²) in [7, 11) is -3.63. The second kappa shape index (κ2) is 4.56. The maximum atomic E-state index is 12.6. The molecule has 0 amide bonds. The minimum absolute atomic E-state index is 0.0729. The monoisotopic (exact) mass is 308 g/mol. The van der Waals surface area contributed by atoms with Crippen molar-refractivity contribution in [2.75, 3.05) is 0 Å². The van der Waals surface area contributed by atoms with E-state index in [0.29, 0.717) is 16.7 Å². The van der Waals surface area contributed by atoms with Gasteiger partial charge in [-0.15, -0.1) is 0 Å². The van der Waals surface area contributed by atoms with Crippen molar-refractivity contribution in [3.05, 3.63) is 29.8 Å². The summed E-state index contributed by atoms with van der Waals surface area (Å²) in [4.78, 5) is 0.297. The summed E-state index contributed by atoms with van der Waals surface area (Å²) in [5, 5.41) is 0. The summed E-state index contributed by atoms with van der Waals surface area (Å²) < 4.78 is 31.0. The van der Waals surface area contributed by atoms with Gasteiger partial charge in [0.25, 0.3) is 10.1 Å². The molecular formula is C17H22O3S. The fraction of sp³-hybridized carbons (Fsp3) is 0.647. The molecule has 3 aliphatic carbocycles. The van der Waals surface area contributed by atoms with E-state index in [1.54, 1.807) is 12.1 Å². The molecule has 4 heteroatoms. The zero-order valence-electron chi connectivity index (χ0n) is 12.4. The molecule has 114 valence electrons. The van der Waals surface area contributed by atoms with E-state index < -0.39 is 10.1 Å². The molecule has 0 unspecified atom stereocenters. The van der Waals surface area contributed by atoms with Crippen LogP contribution in [0.4, 0.5) is 0 Å². The molecule has 1 spiro atoms. The van der Waals surface area contributed by atoms with Gasteiger partial charge in [0.05, 0.1) is 11.0 Å². The third-order valence-corrected chi connectivity index (χ3v) is 7.42. The van der Waals surface area contributed by atoms with Gasteiger partial charge < -0.3 is 0 Å². The average Bonchev–Trinajstić information content (AvgIpc) is 2.97. The van der Waals surface area contributed by atoms with Gasteiger partial charge in [-0.05, 0) is 63.0 Å². The SMILES string of the molecule is Cc1ccc(S(=O)(=O)[18O][C@H]2[C@@H]3CC[C@@H](C3)C23CCC3)cc1. The normalized spacial score (nSPS) is 33.3. The van der Waals surface area contributed by atoms with Crippen LogP contribution in [0.5, 0.6) is 0 Å². The quantitative estimate of drug-likeness (QED) is 0.632. The molecule has 0 aliphatic heterocycles. The Labute approximate surface area is 126 Å². The van der Waals surface area contributed by atoms with E-state index in [-0.39, 0.29) is 11.5 Å². The molecule has 0 saturated heterocycles. The van der Waals surface area contributed by atoms with Gasteiger partial charge in [-0.25, -0.2) is 0 Å². The van der Waals surface area contributed by atoms with Crippen molar-refractivity contribution in [1.29, 1.82) is 0 Å². The summed E-state index contributed by atoms with van der Waals surface area (Å²) in [6.45, 7) is 1.95. The van der Waals surface area contributed by atoms with Crippen molar-refractivity contribution < 1.29 is 12.6 Å². The number of hydrogen-bond acceptors (Lipinski definition) is 3. The van der Waals surface area contributed by atoms with Crippen molar-refractivity contribution in [3.8, 4) is 0 Å². The second-order valence-corrected chi connectivity index (χ2v) is 8.71. The average molecular weight is 308 g/mol. The maximum Gasteiger partial charge on any atom is 0.297 e. The molecule has 3 fully saturated rings. The number of rotatable bonds is 3. The molecule has 21 heavy (non-hydrogen) atoms. The first-order valence-electron chi connectivity index (χ1n) is 8.01. The summed E-state index contributed by atoms with van der Waals surface area (Å²) in [6.07, 6.45) is 7.05. The summed E-state index contributed by atoms with van der Waals surface area (Å²) in [5.74, 6) is 1.16. The maximum absolute atomic E-state index is 12.6. The Balaban J connectivity index is 1.61. The van der Waals surface area contributed by atoms with Gasteiger partial charge in [-0.2, -0.15) is 8.42 Å². The lowest BCUT2D eigenvalue weighted by molar-refractivity contribution is -0.0558. The highest BCUT2D eigenvalue weighted by Gasteiger charge is 2.62. The first-order valence-corrected chi connectivity index (χ1v) is 9.42. The smallest absolute Gasteiger partial charge is 0.262 e. The number of benzene rings is 1. The van der Waals surface area contributed by atoms with Crippen molar-refractivity contribution in [1.82, 2.24) is 0 Å². The lowest BCUT2D eigenvalue weighted by Crippen LogP contribution is -2.47. The largest absolute Gasteiger partial charge is 0.297 e. The summed E-state index contributed by atoms with van der Waals surface area (Å²) in [6, 6.07) is 6.98. The number of hydrogen-bond donors (Lipinski definition) is 0. The van der Waals surface area contributed by atoms with Crippen molar-refractivity contribution in [2.24, 2.45) is 17.3 Å². The lowest BCUT2D eigenvalue weighted by atomic mass is 9.59. The standard InChI is InChI=1S/C17H22O3S/c1-12-3-7-15(8-4-12)21(18,19)20-16-13-5-6-14(11-13)17(16)9-2-10-17/h3-4,7-8,13-14,16H,2,5-6,9-11H2,1H3/t13-,14+,16+/m1/s1/i20+2. The van der Waals surface area contributed by atoms with Crippen molar-refractivity contribution in [2.45, 2.75) is 56.4 Å². The molecule has 1 aromatic rings. The van der Waals surface area contributed by atoms with E-state index >= 15 is 0 Å². The predicted octanol–water partition coefficient (Wildman–Crippen LogP) is 3.67. The molecule has 0 N–H and O–H groups in total. The molecule has 0 aromatic heterocycles. The van der Waals surface area contributed by atoms with Crippen LogP contribution < -0.4 is 0 Å². The molecule has 3 nitrogen and oxygen atoms in total. The van der Waals surface area contributed by atoms with Crippen molar-refractivity contribution in [3.63, 3.8) is 0 Å². The molecule has 3 aliphatic rings. The van der Waals surface area contributed by atoms with Gasteiger partial charge in [0.15, 0.2) is 0 Å². The van der Waals surface area contributed by atoms with E-state index in [1.165, 1.54) is 19.3 Å². The van der Waals surface area contributed by atoms with Crippen LogP contribution in [0.25, 0.3) is 0 Å². The van der Waals surface area contributed by atoms with Crippen LogP contribution in [0, 0.1) is 24.2 Å². The number of fused-ring (bicyclic) bond motifs is 3. The molecule has 1 aromatic carbocycles. The molecule has 3 saturated carbocycles. The Hall–Kier alpha value is -0.870. The Kier molecular flexibility index (Phi) is 2.99. The lowest BCUT2D eigenvalue weighted by Gasteiger charge is -2.49. The molecule has 2 bridgehead atoms. The fourth-order valence-electron chi connectivity index (χ4n) is 4.86. The molecule has 3 atom stereocenters. The molecule has 4 rings (SSSR count). The first kappa shape index (κ1) is 13.8. The molecular weight excluding hydrogens is 286 g/mol. The van der Waals surface area contributed by atoms with Crippen LogP contribution in [0.15, 0.2) is 29.2 Å². The highest BCUT2D eigenvalue weighted by atomic mass is 32.2. The van der Waals surface area contributed by atoms with Gasteiger partial charge in [0.2, 0.25) is 0 Å². The fourth-order valence-corrected chi connectivity index (χ4v) is 6.07. The Bertz CT molecular complexity index is 643. The van der Waals surface area contributed by atoms with E-state index in [0.717, 1.165) is 24.8 Å². The molecule has 0 heterocycles. The van der Waals surface area contributed by atoms with E-state index in [1.807, 2.05) is 19.1 Å². The van der Waals surface area contributed by atoms with Gasteiger partial charge in [-0.3, -0.25) is 4.18 Å². The van der Waals surface area contributed by atoms with Gasteiger partial charge in [0.1, 0.15) is 0 Å². The third kappa shape index (κ3) is 1.99. The van der Waals surface area contributed by atoms with Crippen LogP contribution in [0.3, 0.4) is 0 Å². The highest BCUT2D eigenvalue weighted by Crippen LogP contribution is 2.65. The predicted molar refractivity (Wildman–Crippen MR) is 80.4 cm³/mol. The van der Waals surface area contributed by atoms with Crippen molar-refractivity contribution >= 4 is 10.1 Å². The topological polar surface area (TPSA) is 43.4 Å². The van der Waals surface area contributed by atoms with Gasteiger partial charge >= 0.3 is 0 Å². The summed E-state index contributed by atoms with van der Waals surface area (Å²) >= 11 is 0. The third-order valence-electron chi connectivity index (χ3n) is 6.11. The first-order chi connectivity index (χ1) is 10.0. The van der Waals surface area contributed by atoms with E-state index in [9.17, 15) is 8.42 Å².